The van der Waals surface area contributed by atoms with Gasteiger partial charge in [-0.1, -0.05) is 13.8 Å². The maximum atomic E-state index is 4.38. The highest BCUT2D eigenvalue weighted by atomic mass is 15.3. The lowest BCUT2D eigenvalue weighted by molar-refractivity contribution is 0.594. The van der Waals surface area contributed by atoms with E-state index in [4.69, 9.17) is 0 Å². The van der Waals surface area contributed by atoms with Crippen molar-refractivity contribution in [2.24, 2.45) is 0 Å². The van der Waals surface area contributed by atoms with E-state index in [-0.39, 0.29) is 0 Å². The van der Waals surface area contributed by atoms with Crippen LogP contribution in [0.3, 0.4) is 0 Å². The first kappa shape index (κ1) is 13.8. The number of nitrogens with zero attached hydrogens (tertiary/aromatic N) is 4. The predicted molar refractivity (Wildman–Crippen MR) is 76.9 cm³/mol. The van der Waals surface area contributed by atoms with Crippen LogP contribution in [0, 0.1) is 0 Å². The molecule has 0 fully saturated rings. The molecule has 2 aromatic heterocycles. The fourth-order valence-corrected chi connectivity index (χ4v) is 2.14. The maximum Gasteiger partial charge on any atom is 0.0950 e. The Balaban J connectivity index is 2.01. The van der Waals surface area contributed by atoms with Crippen molar-refractivity contribution in [3.63, 3.8) is 0 Å². The minimum absolute atomic E-state index is 0.967. The van der Waals surface area contributed by atoms with Crippen molar-refractivity contribution in [1.29, 1.82) is 0 Å². The molecule has 2 heterocycles. The van der Waals surface area contributed by atoms with Gasteiger partial charge in [-0.2, -0.15) is 5.10 Å². The summed E-state index contributed by atoms with van der Waals surface area (Å²) < 4.78 is 4.19. The molecule has 0 bridgehead atoms. The van der Waals surface area contributed by atoms with Gasteiger partial charge < -0.3 is 9.88 Å². The van der Waals surface area contributed by atoms with E-state index >= 15 is 0 Å². The largest absolute Gasteiger partial charge is 0.330 e. The summed E-state index contributed by atoms with van der Waals surface area (Å²) in [4.78, 5) is 4.26. The molecule has 19 heavy (non-hydrogen) atoms. The molecule has 2 rings (SSSR count). The van der Waals surface area contributed by atoms with Crippen LogP contribution < -0.4 is 5.32 Å². The standard InChI is InChI=1S/C14H23N5/c1-3-7-19-11-13(9-17-19)14-10-16-12-18(14)8-5-6-15-4-2/h9-12,15H,3-8H2,1-2H3. The molecule has 0 atom stereocenters. The Kier molecular flexibility index (Phi) is 5.15. The first-order chi connectivity index (χ1) is 9.35. The van der Waals surface area contributed by atoms with Crippen molar-refractivity contribution in [2.45, 2.75) is 39.8 Å². The highest BCUT2D eigenvalue weighted by Gasteiger charge is 2.07. The summed E-state index contributed by atoms with van der Waals surface area (Å²) in [7, 11) is 0. The van der Waals surface area contributed by atoms with E-state index in [0.717, 1.165) is 50.3 Å². The molecule has 0 aliphatic heterocycles. The number of aromatic nitrogens is 4. The average Bonchev–Trinajstić information content (AvgIpc) is 3.03. The fourth-order valence-electron chi connectivity index (χ4n) is 2.14. The third kappa shape index (κ3) is 3.67. The minimum atomic E-state index is 0.967. The third-order valence-corrected chi connectivity index (χ3v) is 3.10. The van der Waals surface area contributed by atoms with Gasteiger partial charge in [0.1, 0.15) is 0 Å². The van der Waals surface area contributed by atoms with Gasteiger partial charge in [-0.15, -0.1) is 0 Å². The molecule has 0 aromatic carbocycles. The van der Waals surface area contributed by atoms with Crippen molar-refractivity contribution < 1.29 is 0 Å². The lowest BCUT2D eigenvalue weighted by Gasteiger charge is -2.06. The first-order valence-corrected chi connectivity index (χ1v) is 7.08. The van der Waals surface area contributed by atoms with E-state index in [1.54, 1.807) is 0 Å². The summed E-state index contributed by atoms with van der Waals surface area (Å²) in [6.45, 7) is 8.32. The molecule has 5 heteroatoms. The van der Waals surface area contributed by atoms with Gasteiger partial charge in [-0.05, 0) is 25.9 Å². The van der Waals surface area contributed by atoms with Crippen molar-refractivity contribution >= 4 is 0 Å². The zero-order chi connectivity index (χ0) is 13.5. The molecule has 5 nitrogen and oxygen atoms in total. The predicted octanol–water partition coefficient (Wildman–Crippen LogP) is 2.16. The van der Waals surface area contributed by atoms with Crippen LogP contribution in [0.4, 0.5) is 0 Å². The molecule has 0 radical (unpaired) electrons. The van der Waals surface area contributed by atoms with Crippen LogP contribution in [0.1, 0.15) is 26.7 Å². The van der Waals surface area contributed by atoms with Crippen molar-refractivity contribution in [1.82, 2.24) is 24.6 Å². The summed E-state index contributed by atoms with van der Waals surface area (Å²) >= 11 is 0. The van der Waals surface area contributed by atoms with E-state index in [0.29, 0.717) is 0 Å². The lowest BCUT2D eigenvalue weighted by atomic mass is 10.2. The highest BCUT2D eigenvalue weighted by Crippen LogP contribution is 2.18. The van der Waals surface area contributed by atoms with E-state index in [9.17, 15) is 0 Å². The maximum absolute atomic E-state index is 4.38. The van der Waals surface area contributed by atoms with Gasteiger partial charge in [0.2, 0.25) is 0 Å². The Hall–Kier alpha value is -1.62. The molecule has 1 N–H and O–H groups in total. The first-order valence-electron chi connectivity index (χ1n) is 7.08. The number of nitrogens with one attached hydrogen (secondary N) is 1. The van der Waals surface area contributed by atoms with Gasteiger partial charge >= 0.3 is 0 Å². The molecule has 2 aromatic rings. The van der Waals surface area contributed by atoms with Crippen LogP contribution in [-0.2, 0) is 13.1 Å². The Morgan fingerprint density at radius 2 is 2.11 bits per heavy atom. The average molecular weight is 261 g/mol. The Bertz CT molecular complexity index is 485. The van der Waals surface area contributed by atoms with Gasteiger partial charge in [0, 0.05) is 24.8 Å². The van der Waals surface area contributed by atoms with Crippen LogP contribution in [0.5, 0.6) is 0 Å². The number of hydrogen-bond donors (Lipinski definition) is 1. The Morgan fingerprint density at radius 1 is 1.21 bits per heavy atom. The van der Waals surface area contributed by atoms with Crippen LogP contribution in [0.25, 0.3) is 11.3 Å². The van der Waals surface area contributed by atoms with Crippen LogP contribution in [0.15, 0.2) is 24.9 Å². The monoisotopic (exact) mass is 261 g/mol. The fraction of sp³-hybridized carbons (Fsp3) is 0.571. The van der Waals surface area contributed by atoms with Crippen LogP contribution in [-0.4, -0.2) is 32.4 Å². The summed E-state index contributed by atoms with van der Waals surface area (Å²) in [6, 6.07) is 0. The quantitative estimate of drug-likeness (QED) is 0.741. The van der Waals surface area contributed by atoms with E-state index < -0.39 is 0 Å². The number of aryl methyl sites for hydroxylation is 2. The van der Waals surface area contributed by atoms with Crippen LogP contribution in [0.2, 0.25) is 0 Å². The lowest BCUT2D eigenvalue weighted by Crippen LogP contribution is -2.16. The van der Waals surface area contributed by atoms with Crippen molar-refractivity contribution in [3.8, 4) is 11.3 Å². The normalized spacial score (nSPS) is 11.1. The highest BCUT2D eigenvalue weighted by molar-refractivity contribution is 5.56. The van der Waals surface area contributed by atoms with E-state index in [2.05, 4.69) is 40.0 Å². The SMILES string of the molecule is CCCn1cc(-c2cncn2CCCNCC)cn1. The zero-order valence-electron chi connectivity index (χ0n) is 11.8. The molecular weight excluding hydrogens is 238 g/mol. The molecule has 0 spiro atoms. The Morgan fingerprint density at radius 3 is 2.89 bits per heavy atom. The second kappa shape index (κ2) is 7.09. The number of hydrogen-bond acceptors (Lipinski definition) is 3. The summed E-state index contributed by atoms with van der Waals surface area (Å²) in [5.74, 6) is 0. The van der Waals surface area contributed by atoms with E-state index in [1.807, 2.05) is 23.4 Å². The smallest absolute Gasteiger partial charge is 0.0950 e. The molecule has 0 unspecified atom stereocenters. The zero-order valence-corrected chi connectivity index (χ0v) is 11.8. The Labute approximate surface area is 114 Å². The second-order valence-electron chi connectivity index (χ2n) is 4.67. The van der Waals surface area contributed by atoms with Gasteiger partial charge in [-0.3, -0.25) is 4.68 Å². The number of rotatable bonds is 8. The van der Waals surface area contributed by atoms with Crippen LogP contribution >= 0.6 is 0 Å². The molecular formula is C14H23N5. The van der Waals surface area contributed by atoms with Crippen molar-refractivity contribution in [2.75, 3.05) is 13.1 Å². The molecule has 0 amide bonds. The molecule has 0 aliphatic rings. The molecule has 0 aliphatic carbocycles. The third-order valence-electron chi connectivity index (χ3n) is 3.10. The van der Waals surface area contributed by atoms with Gasteiger partial charge in [0.05, 0.1) is 24.4 Å². The molecule has 0 saturated heterocycles. The molecule has 0 saturated carbocycles. The number of imidazole rings is 1. The molecule has 104 valence electrons. The summed E-state index contributed by atoms with van der Waals surface area (Å²) in [5, 5.41) is 7.72. The van der Waals surface area contributed by atoms with Gasteiger partial charge in [0.25, 0.3) is 0 Å². The topological polar surface area (TPSA) is 47.7 Å². The van der Waals surface area contributed by atoms with Crippen molar-refractivity contribution in [3.05, 3.63) is 24.9 Å². The minimum Gasteiger partial charge on any atom is -0.330 e. The van der Waals surface area contributed by atoms with E-state index in [1.165, 1.54) is 0 Å². The van der Waals surface area contributed by atoms with Gasteiger partial charge in [0.15, 0.2) is 0 Å². The summed E-state index contributed by atoms with van der Waals surface area (Å²) in [5.41, 5.74) is 2.30. The van der Waals surface area contributed by atoms with Gasteiger partial charge in [-0.25, -0.2) is 4.98 Å². The summed E-state index contributed by atoms with van der Waals surface area (Å²) in [6.07, 6.45) is 10.1. The second-order valence-corrected chi connectivity index (χ2v) is 4.67.